The summed E-state index contributed by atoms with van der Waals surface area (Å²) in [7, 11) is 1.75. The summed E-state index contributed by atoms with van der Waals surface area (Å²) in [5.41, 5.74) is 0.890. The van der Waals surface area contributed by atoms with Crippen molar-refractivity contribution in [1.82, 2.24) is 15.0 Å². The fraction of sp³-hybridized carbons (Fsp3) is 0.250. The van der Waals surface area contributed by atoms with Crippen molar-refractivity contribution < 1.29 is 9.32 Å². The number of rotatable bonds is 8. The third-order valence-electron chi connectivity index (χ3n) is 3.92. The number of hydrogen-bond donors (Lipinski definition) is 0. The summed E-state index contributed by atoms with van der Waals surface area (Å²) in [5, 5.41) is 4.71. The Morgan fingerprint density at radius 1 is 1.15 bits per heavy atom. The molecule has 3 aromatic rings. The summed E-state index contributed by atoms with van der Waals surface area (Å²) < 4.78 is 5.26. The van der Waals surface area contributed by atoms with E-state index in [1.54, 1.807) is 23.7 Å². The zero-order chi connectivity index (χ0) is 19.1. The van der Waals surface area contributed by atoms with E-state index < -0.39 is 0 Å². The van der Waals surface area contributed by atoms with Crippen molar-refractivity contribution in [2.45, 2.75) is 24.3 Å². The number of halogens is 1. The molecule has 1 heterocycles. The number of amides is 1. The molecule has 1 aromatic heterocycles. The highest BCUT2D eigenvalue weighted by atomic mass is 35.5. The van der Waals surface area contributed by atoms with Crippen LogP contribution in [-0.2, 0) is 11.3 Å². The van der Waals surface area contributed by atoms with Gasteiger partial charge in [-0.1, -0.05) is 47.1 Å². The maximum Gasteiger partial charge on any atom is 0.246 e. The van der Waals surface area contributed by atoms with Gasteiger partial charge in [0.25, 0.3) is 0 Å². The minimum Gasteiger partial charge on any atom is -0.337 e. The van der Waals surface area contributed by atoms with Crippen molar-refractivity contribution >= 4 is 29.3 Å². The first-order chi connectivity index (χ1) is 13.1. The molecule has 0 aliphatic heterocycles. The molecule has 0 saturated heterocycles. The first-order valence-electron chi connectivity index (χ1n) is 8.62. The van der Waals surface area contributed by atoms with Gasteiger partial charge in [0.1, 0.15) is 0 Å². The standard InChI is InChI=1S/C20H20ClN3O2S/c1-24(14-18-22-20(23-26-18)15-6-3-2-4-7-15)19(25)8-5-13-27-17-11-9-16(21)10-12-17/h2-4,6-7,9-12H,5,8,13-14H2,1H3. The third kappa shape index (κ3) is 5.84. The Hall–Kier alpha value is -2.31. The van der Waals surface area contributed by atoms with E-state index in [0.717, 1.165) is 27.7 Å². The van der Waals surface area contributed by atoms with Gasteiger partial charge in [0.15, 0.2) is 0 Å². The Kier molecular flexibility index (Phi) is 6.90. The molecule has 2 aromatic carbocycles. The molecule has 0 fully saturated rings. The molecular weight excluding hydrogens is 382 g/mol. The predicted molar refractivity (Wildman–Crippen MR) is 108 cm³/mol. The summed E-state index contributed by atoms with van der Waals surface area (Å²) in [4.78, 5) is 19.4. The van der Waals surface area contributed by atoms with Crippen molar-refractivity contribution in [1.29, 1.82) is 0 Å². The molecule has 7 heteroatoms. The van der Waals surface area contributed by atoms with E-state index in [1.807, 2.05) is 54.6 Å². The second-order valence-corrected chi connectivity index (χ2v) is 7.64. The van der Waals surface area contributed by atoms with Crippen LogP contribution in [0.2, 0.25) is 5.02 Å². The van der Waals surface area contributed by atoms with Crippen molar-refractivity contribution in [3.63, 3.8) is 0 Å². The molecule has 0 N–H and O–H groups in total. The molecule has 27 heavy (non-hydrogen) atoms. The van der Waals surface area contributed by atoms with Crippen LogP contribution in [0.3, 0.4) is 0 Å². The Bertz CT molecular complexity index is 868. The van der Waals surface area contributed by atoms with Gasteiger partial charge in [0, 0.05) is 29.0 Å². The topological polar surface area (TPSA) is 59.2 Å². The van der Waals surface area contributed by atoms with Crippen LogP contribution in [0, 0.1) is 0 Å². The Morgan fingerprint density at radius 2 is 1.89 bits per heavy atom. The molecular formula is C20H20ClN3O2S. The summed E-state index contributed by atoms with van der Waals surface area (Å²) >= 11 is 7.59. The van der Waals surface area contributed by atoms with Gasteiger partial charge in [0.05, 0.1) is 6.54 Å². The van der Waals surface area contributed by atoms with E-state index in [9.17, 15) is 4.79 Å². The van der Waals surface area contributed by atoms with Gasteiger partial charge in [-0.2, -0.15) is 4.98 Å². The van der Waals surface area contributed by atoms with Crippen LogP contribution in [0.4, 0.5) is 0 Å². The number of thioether (sulfide) groups is 1. The molecule has 0 aliphatic rings. The normalized spacial score (nSPS) is 10.7. The average molecular weight is 402 g/mol. The molecule has 0 bridgehead atoms. The highest BCUT2D eigenvalue weighted by Crippen LogP contribution is 2.21. The quantitative estimate of drug-likeness (QED) is 0.396. The molecule has 5 nitrogen and oxygen atoms in total. The monoisotopic (exact) mass is 401 g/mol. The Morgan fingerprint density at radius 3 is 2.63 bits per heavy atom. The fourth-order valence-electron chi connectivity index (χ4n) is 2.45. The first kappa shape index (κ1) is 19.5. The molecule has 0 unspecified atom stereocenters. The van der Waals surface area contributed by atoms with Gasteiger partial charge in [-0.05, 0) is 36.4 Å². The number of hydrogen-bond acceptors (Lipinski definition) is 5. The van der Waals surface area contributed by atoms with E-state index >= 15 is 0 Å². The maximum atomic E-state index is 12.3. The van der Waals surface area contributed by atoms with E-state index in [-0.39, 0.29) is 5.91 Å². The van der Waals surface area contributed by atoms with Gasteiger partial charge in [-0.25, -0.2) is 0 Å². The van der Waals surface area contributed by atoms with Crippen LogP contribution in [-0.4, -0.2) is 33.7 Å². The lowest BCUT2D eigenvalue weighted by molar-refractivity contribution is -0.130. The SMILES string of the molecule is CN(Cc1nc(-c2ccccc2)no1)C(=O)CCCSc1ccc(Cl)cc1. The average Bonchev–Trinajstić information content (AvgIpc) is 3.15. The van der Waals surface area contributed by atoms with Crippen molar-refractivity contribution in [3.8, 4) is 11.4 Å². The zero-order valence-corrected chi connectivity index (χ0v) is 16.5. The molecule has 0 saturated carbocycles. The van der Waals surface area contributed by atoms with Gasteiger partial charge in [-0.3, -0.25) is 4.79 Å². The van der Waals surface area contributed by atoms with Crippen molar-refractivity contribution in [3.05, 3.63) is 65.5 Å². The lowest BCUT2D eigenvalue weighted by Crippen LogP contribution is -2.26. The largest absolute Gasteiger partial charge is 0.337 e. The second kappa shape index (κ2) is 9.58. The van der Waals surface area contributed by atoms with Crippen molar-refractivity contribution in [2.24, 2.45) is 0 Å². The van der Waals surface area contributed by atoms with E-state index in [0.29, 0.717) is 24.7 Å². The van der Waals surface area contributed by atoms with Crippen LogP contribution in [0.1, 0.15) is 18.7 Å². The lowest BCUT2D eigenvalue weighted by Gasteiger charge is -2.14. The predicted octanol–water partition coefficient (Wildman–Crippen LogP) is 4.92. The third-order valence-corrected chi connectivity index (χ3v) is 5.27. The van der Waals surface area contributed by atoms with Crippen LogP contribution in [0.15, 0.2) is 64.0 Å². The van der Waals surface area contributed by atoms with Gasteiger partial charge >= 0.3 is 0 Å². The zero-order valence-electron chi connectivity index (χ0n) is 15.0. The van der Waals surface area contributed by atoms with E-state index in [2.05, 4.69) is 10.1 Å². The van der Waals surface area contributed by atoms with Gasteiger partial charge in [-0.15, -0.1) is 11.8 Å². The van der Waals surface area contributed by atoms with Gasteiger partial charge in [0.2, 0.25) is 17.6 Å². The molecule has 0 spiro atoms. The maximum absolute atomic E-state index is 12.3. The summed E-state index contributed by atoms with van der Waals surface area (Å²) in [6.45, 7) is 0.309. The number of aromatic nitrogens is 2. The first-order valence-corrected chi connectivity index (χ1v) is 9.98. The minimum atomic E-state index is 0.0613. The summed E-state index contributed by atoms with van der Waals surface area (Å²) in [6, 6.07) is 17.3. The molecule has 1 amide bonds. The van der Waals surface area contributed by atoms with Crippen LogP contribution < -0.4 is 0 Å². The summed E-state index contributed by atoms with van der Waals surface area (Å²) in [5.74, 6) is 1.90. The highest BCUT2D eigenvalue weighted by Gasteiger charge is 2.14. The van der Waals surface area contributed by atoms with Crippen LogP contribution in [0.5, 0.6) is 0 Å². The minimum absolute atomic E-state index is 0.0613. The number of benzene rings is 2. The van der Waals surface area contributed by atoms with Crippen LogP contribution >= 0.6 is 23.4 Å². The van der Waals surface area contributed by atoms with Crippen molar-refractivity contribution in [2.75, 3.05) is 12.8 Å². The molecule has 0 radical (unpaired) electrons. The Labute approximate surface area is 167 Å². The molecule has 0 atom stereocenters. The number of nitrogens with zero attached hydrogens (tertiary/aromatic N) is 3. The van der Waals surface area contributed by atoms with E-state index in [4.69, 9.17) is 16.1 Å². The highest BCUT2D eigenvalue weighted by molar-refractivity contribution is 7.99. The molecule has 0 aliphatic carbocycles. The fourth-order valence-corrected chi connectivity index (χ4v) is 3.43. The van der Waals surface area contributed by atoms with Gasteiger partial charge < -0.3 is 9.42 Å². The number of carbonyl (C=O) groups excluding carboxylic acids is 1. The second-order valence-electron chi connectivity index (χ2n) is 6.03. The number of carbonyl (C=O) groups is 1. The lowest BCUT2D eigenvalue weighted by atomic mass is 10.2. The summed E-state index contributed by atoms with van der Waals surface area (Å²) in [6.07, 6.45) is 1.28. The Balaban J connectivity index is 1.42. The van der Waals surface area contributed by atoms with E-state index in [1.165, 1.54) is 0 Å². The molecule has 3 rings (SSSR count). The smallest absolute Gasteiger partial charge is 0.246 e. The molecule has 140 valence electrons. The van der Waals surface area contributed by atoms with Crippen LogP contribution in [0.25, 0.3) is 11.4 Å².